The molecule has 1 aromatic carbocycles. The number of nitriles is 1. The molecule has 3 nitrogen and oxygen atoms in total. The predicted molar refractivity (Wildman–Crippen MR) is 62.8 cm³/mol. The van der Waals surface area contributed by atoms with E-state index in [9.17, 15) is 0 Å². The Morgan fingerprint density at radius 3 is 2.81 bits per heavy atom. The van der Waals surface area contributed by atoms with E-state index >= 15 is 0 Å². The van der Waals surface area contributed by atoms with Gasteiger partial charge in [0.1, 0.15) is 17.3 Å². The molecule has 0 fully saturated rings. The average molecular weight is 233 g/mol. The van der Waals surface area contributed by atoms with Crippen molar-refractivity contribution in [1.29, 1.82) is 5.26 Å². The van der Waals surface area contributed by atoms with E-state index in [0.29, 0.717) is 21.9 Å². The number of halogens is 1. The summed E-state index contributed by atoms with van der Waals surface area (Å²) in [6.45, 7) is 1.93. The summed E-state index contributed by atoms with van der Waals surface area (Å²) in [6.07, 6.45) is 1.46. The maximum atomic E-state index is 8.89. The number of hydrogen-bond donors (Lipinski definition) is 0. The zero-order valence-corrected chi connectivity index (χ0v) is 9.67. The summed E-state index contributed by atoms with van der Waals surface area (Å²) in [6, 6.07) is 5.76. The molecule has 1 heterocycles. The topological polar surface area (TPSA) is 45.9 Å². The van der Waals surface area contributed by atoms with Gasteiger partial charge in [-0.15, -0.1) is 0 Å². The van der Waals surface area contributed by atoms with Crippen molar-refractivity contribution in [2.24, 2.45) is 0 Å². The predicted octanol–water partition coefficient (Wildman–Crippen LogP) is 3.08. The Morgan fingerprint density at radius 1 is 1.44 bits per heavy atom. The van der Waals surface area contributed by atoms with Gasteiger partial charge in [-0.1, -0.05) is 17.7 Å². The summed E-state index contributed by atoms with van der Waals surface area (Å²) in [4.78, 5) is 4.21. The molecule has 1 aromatic heterocycles. The molecule has 0 spiro atoms. The lowest BCUT2D eigenvalue weighted by molar-refractivity contribution is 0.419. The Morgan fingerprint density at radius 2 is 2.19 bits per heavy atom. The van der Waals surface area contributed by atoms with Gasteiger partial charge in [-0.3, -0.25) is 4.98 Å². The monoisotopic (exact) mass is 232 g/mol. The van der Waals surface area contributed by atoms with Crippen LogP contribution in [0, 0.1) is 18.3 Å². The molecule has 0 aliphatic heterocycles. The fraction of sp³-hybridized carbons (Fsp3) is 0.167. The maximum Gasteiger partial charge on any atom is 0.145 e. The van der Waals surface area contributed by atoms with E-state index in [1.54, 1.807) is 7.11 Å². The highest BCUT2D eigenvalue weighted by Gasteiger charge is 2.12. The van der Waals surface area contributed by atoms with Crippen LogP contribution in [0.3, 0.4) is 0 Å². The largest absolute Gasteiger partial charge is 0.494 e. The quantitative estimate of drug-likeness (QED) is 0.759. The van der Waals surface area contributed by atoms with Crippen LogP contribution in [-0.2, 0) is 0 Å². The zero-order valence-electron chi connectivity index (χ0n) is 8.91. The summed E-state index contributed by atoms with van der Waals surface area (Å²) >= 11 is 6.16. The fourth-order valence-corrected chi connectivity index (χ4v) is 1.97. The summed E-state index contributed by atoms with van der Waals surface area (Å²) in [5.74, 6) is 0.659. The van der Waals surface area contributed by atoms with Crippen molar-refractivity contribution in [2.75, 3.05) is 7.11 Å². The number of methoxy groups -OCH3 is 1. The molecule has 0 amide bonds. The summed E-state index contributed by atoms with van der Waals surface area (Å²) in [7, 11) is 1.58. The zero-order chi connectivity index (χ0) is 11.7. The standard InChI is InChI=1S/C12H9ClN2O/c1-7-3-4-9(16-2)12-10(7)11(13)8(5-14)6-15-12/h3-4,6H,1-2H3. The minimum Gasteiger partial charge on any atom is -0.494 e. The van der Waals surface area contributed by atoms with Gasteiger partial charge in [-0.05, 0) is 18.6 Å². The SMILES string of the molecule is COc1ccc(C)c2c(Cl)c(C#N)cnc12. The van der Waals surface area contributed by atoms with E-state index < -0.39 is 0 Å². The number of aromatic nitrogens is 1. The van der Waals surface area contributed by atoms with Crippen LogP contribution in [0.4, 0.5) is 0 Å². The lowest BCUT2D eigenvalue weighted by Gasteiger charge is -2.08. The number of rotatable bonds is 1. The van der Waals surface area contributed by atoms with E-state index in [0.717, 1.165) is 10.9 Å². The molecule has 0 aliphatic carbocycles. The molecule has 0 atom stereocenters. The molecular formula is C12H9ClN2O. The first kappa shape index (κ1) is 10.7. The van der Waals surface area contributed by atoms with Gasteiger partial charge in [0, 0.05) is 11.6 Å². The molecule has 0 saturated heterocycles. The normalized spacial score (nSPS) is 10.1. The number of pyridine rings is 1. The minimum absolute atomic E-state index is 0.380. The van der Waals surface area contributed by atoms with Crippen LogP contribution in [0.25, 0.3) is 10.9 Å². The first-order valence-electron chi connectivity index (χ1n) is 4.71. The Balaban J connectivity index is 2.94. The van der Waals surface area contributed by atoms with Gasteiger partial charge in [0.05, 0.1) is 17.7 Å². The lowest BCUT2D eigenvalue weighted by atomic mass is 10.1. The van der Waals surface area contributed by atoms with Crippen molar-refractivity contribution >= 4 is 22.5 Å². The van der Waals surface area contributed by atoms with E-state index in [4.69, 9.17) is 21.6 Å². The number of nitrogens with zero attached hydrogens (tertiary/aromatic N) is 2. The average Bonchev–Trinajstić information content (AvgIpc) is 2.30. The third-order valence-corrected chi connectivity index (χ3v) is 2.86. The molecule has 2 rings (SSSR count). The smallest absolute Gasteiger partial charge is 0.145 e. The second-order valence-corrected chi connectivity index (χ2v) is 3.78. The van der Waals surface area contributed by atoms with Crippen LogP contribution in [-0.4, -0.2) is 12.1 Å². The van der Waals surface area contributed by atoms with Crippen molar-refractivity contribution in [3.8, 4) is 11.8 Å². The second-order valence-electron chi connectivity index (χ2n) is 3.41. The maximum absolute atomic E-state index is 8.89. The number of ether oxygens (including phenoxy) is 1. The lowest BCUT2D eigenvalue weighted by Crippen LogP contribution is -1.92. The van der Waals surface area contributed by atoms with Gasteiger partial charge in [0.15, 0.2) is 0 Å². The molecule has 0 bridgehead atoms. The Labute approximate surface area is 98.2 Å². The molecule has 16 heavy (non-hydrogen) atoms. The van der Waals surface area contributed by atoms with Crippen LogP contribution < -0.4 is 4.74 Å². The minimum atomic E-state index is 0.380. The van der Waals surface area contributed by atoms with Crippen LogP contribution in [0.1, 0.15) is 11.1 Å². The van der Waals surface area contributed by atoms with Crippen molar-refractivity contribution in [2.45, 2.75) is 6.92 Å². The molecule has 0 unspecified atom stereocenters. The van der Waals surface area contributed by atoms with Crippen LogP contribution in [0.2, 0.25) is 5.02 Å². The Hall–Kier alpha value is -1.79. The Kier molecular flexibility index (Phi) is 2.67. The molecule has 80 valence electrons. The van der Waals surface area contributed by atoms with Crippen molar-refractivity contribution in [1.82, 2.24) is 4.98 Å². The highest BCUT2D eigenvalue weighted by atomic mass is 35.5. The molecular weight excluding hydrogens is 224 g/mol. The van der Waals surface area contributed by atoms with E-state index in [-0.39, 0.29) is 0 Å². The number of benzene rings is 1. The molecule has 0 radical (unpaired) electrons. The van der Waals surface area contributed by atoms with E-state index in [1.165, 1.54) is 6.20 Å². The third kappa shape index (κ3) is 1.48. The van der Waals surface area contributed by atoms with E-state index in [1.807, 2.05) is 25.1 Å². The molecule has 2 aromatic rings. The van der Waals surface area contributed by atoms with Crippen molar-refractivity contribution in [3.63, 3.8) is 0 Å². The van der Waals surface area contributed by atoms with Crippen molar-refractivity contribution < 1.29 is 4.74 Å². The molecule has 0 saturated carbocycles. The molecule has 0 aliphatic rings. The Bertz CT molecular complexity index is 602. The third-order valence-electron chi connectivity index (χ3n) is 2.47. The molecule has 4 heteroatoms. The van der Waals surface area contributed by atoms with Gasteiger partial charge >= 0.3 is 0 Å². The summed E-state index contributed by atoms with van der Waals surface area (Å²) in [5.41, 5.74) is 2.04. The highest BCUT2D eigenvalue weighted by Crippen LogP contribution is 2.33. The van der Waals surface area contributed by atoms with Gasteiger partial charge in [0.2, 0.25) is 0 Å². The summed E-state index contributed by atoms with van der Waals surface area (Å²) in [5, 5.41) is 10.1. The van der Waals surface area contributed by atoms with Crippen LogP contribution >= 0.6 is 11.6 Å². The van der Waals surface area contributed by atoms with Gasteiger partial charge in [-0.25, -0.2) is 0 Å². The van der Waals surface area contributed by atoms with Gasteiger partial charge < -0.3 is 4.74 Å². The van der Waals surface area contributed by atoms with E-state index in [2.05, 4.69) is 4.98 Å². The van der Waals surface area contributed by atoms with Gasteiger partial charge in [0.25, 0.3) is 0 Å². The second kappa shape index (κ2) is 3.99. The number of hydrogen-bond acceptors (Lipinski definition) is 3. The van der Waals surface area contributed by atoms with Crippen molar-refractivity contribution in [3.05, 3.63) is 34.5 Å². The first-order chi connectivity index (χ1) is 7.69. The van der Waals surface area contributed by atoms with Crippen LogP contribution in [0.5, 0.6) is 5.75 Å². The number of aryl methyl sites for hydroxylation is 1. The summed E-state index contributed by atoms with van der Waals surface area (Å²) < 4.78 is 5.21. The highest BCUT2D eigenvalue weighted by molar-refractivity contribution is 6.36. The van der Waals surface area contributed by atoms with Crippen LogP contribution in [0.15, 0.2) is 18.3 Å². The first-order valence-corrected chi connectivity index (χ1v) is 5.08. The number of fused-ring (bicyclic) bond motifs is 1. The molecule has 0 N–H and O–H groups in total. The fourth-order valence-electron chi connectivity index (χ4n) is 1.64. The van der Waals surface area contributed by atoms with Gasteiger partial charge in [-0.2, -0.15) is 5.26 Å².